The predicted octanol–water partition coefficient (Wildman–Crippen LogP) is 5.24. The molecule has 1 aromatic heterocycles. The summed E-state index contributed by atoms with van der Waals surface area (Å²) in [6.07, 6.45) is 0.855. The Labute approximate surface area is 247 Å². The topological polar surface area (TPSA) is 141 Å². The zero-order valence-electron chi connectivity index (χ0n) is 24.7. The van der Waals surface area contributed by atoms with Gasteiger partial charge in [-0.05, 0) is 68.1 Å². The Morgan fingerprint density at radius 2 is 1.62 bits per heavy atom. The molecule has 0 aliphatic rings. The maximum atomic E-state index is 12.9. The van der Waals surface area contributed by atoms with Crippen molar-refractivity contribution >= 4 is 21.8 Å². The van der Waals surface area contributed by atoms with Gasteiger partial charge in [0.2, 0.25) is 21.8 Å². The highest BCUT2D eigenvalue weighted by Crippen LogP contribution is 2.35. The average molecular weight is 592 g/mol. The summed E-state index contributed by atoms with van der Waals surface area (Å²) in [5.41, 5.74) is 8.51. The number of hydrogen-bond donors (Lipinski definition) is 2. The Bertz CT molecular complexity index is 1660. The molecule has 0 aliphatic heterocycles. The number of alkyl carbamates (subject to hydrolysis) is 1. The van der Waals surface area contributed by atoms with Crippen LogP contribution in [-0.2, 0) is 33.3 Å². The van der Waals surface area contributed by atoms with Gasteiger partial charge in [-0.25, -0.2) is 13.2 Å². The van der Waals surface area contributed by atoms with Gasteiger partial charge in [0.15, 0.2) is 0 Å². The lowest BCUT2D eigenvalue weighted by Crippen LogP contribution is -2.47. The molecule has 0 fully saturated rings. The number of carbonyl (C=O) groups is 1. The first-order valence-electron chi connectivity index (χ1n) is 13.5. The molecule has 0 aliphatic carbocycles. The number of rotatable bonds is 9. The summed E-state index contributed by atoms with van der Waals surface area (Å²) in [4.78, 5) is 12.9. The molecule has 4 rings (SSSR count). The van der Waals surface area contributed by atoms with Gasteiger partial charge in [-0.2, -0.15) is 0 Å². The lowest BCUT2D eigenvalue weighted by molar-refractivity contribution is 0.0443. The molecule has 3 N–H and O–H groups in total. The zero-order chi connectivity index (χ0) is 30.7. The van der Waals surface area contributed by atoms with E-state index in [9.17, 15) is 13.2 Å². The summed E-state index contributed by atoms with van der Waals surface area (Å²) >= 11 is 0. The van der Waals surface area contributed by atoms with Gasteiger partial charge < -0.3 is 20.2 Å². The third-order valence-corrected chi connectivity index (χ3v) is 7.85. The Hall–Kier alpha value is -4.22. The molecule has 0 radical (unpaired) electrons. The summed E-state index contributed by atoms with van der Waals surface area (Å²) < 4.78 is 37.9. The van der Waals surface area contributed by atoms with E-state index >= 15 is 0 Å². The third-order valence-electron chi connectivity index (χ3n) is 6.65. The molecule has 11 heteroatoms. The van der Waals surface area contributed by atoms with Gasteiger partial charge in [0, 0.05) is 25.6 Å². The van der Waals surface area contributed by atoms with Crippen molar-refractivity contribution in [3.63, 3.8) is 0 Å². The lowest BCUT2D eigenvalue weighted by atomic mass is 9.92. The SMILES string of the molecule is CN(c1cc(-c2nnc([C@@](C)(Cc3ccccc3)NC(=O)OC(C)(C)C)o2)cc(-c2ccccc2CN)c1)S(C)(=O)=O. The highest BCUT2D eigenvalue weighted by molar-refractivity contribution is 7.92. The van der Waals surface area contributed by atoms with Crippen LogP contribution in [0.2, 0.25) is 0 Å². The minimum atomic E-state index is -3.57. The number of ether oxygens (including phenoxy) is 1. The summed E-state index contributed by atoms with van der Waals surface area (Å²) in [6, 6.07) is 22.5. The van der Waals surface area contributed by atoms with Crippen LogP contribution in [0.15, 0.2) is 77.2 Å². The molecular formula is C31H37N5O5S. The Morgan fingerprint density at radius 1 is 0.976 bits per heavy atom. The first kappa shape index (κ1) is 30.7. The quantitative estimate of drug-likeness (QED) is 0.269. The molecule has 0 saturated heterocycles. The number of carbonyl (C=O) groups excluding carboxylic acids is 1. The zero-order valence-corrected chi connectivity index (χ0v) is 25.5. The number of nitrogens with two attached hydrogens (primary N) is 1. The first-order chi connectivity index (χ1) is 19.7. The first-order valence-corrected chi connectivity index (χ1v) is 15.3. The Balaban J connectivity index is 1.81. The van der Waals surface area contributed by atoms with E-state index in [1.54, 1.807) is 39.8 Å². The molecule has 1 heterocycles. The van der Waals surface area contributed by atoms with Crippen molar-refractivity contribution in [1.29, 1.82) is 0 Å². The molecule has 4 aromatic rings. The number of benzene rings is 3. The number of aromatic nitrogens is 2. The average Bonchev–Trinajstić information content (AvgIpc) is 3.43. The second-order valence-electron chi connectivity index (χ2n) is 11.4. The third kappa shape index (κ3) is 7.34. The van der Waals surface area contributed by atoms with Crippen LogP contribution in [0.25, 0.3) is 22.6 Å². The standard InChI is InChI=1S/C31H37N5O5S/c1-30(2,3)41-29(37)33-31(4,19-21-12-8-7-9-13-21)28-35-34-27(40-28)24-16-23(26-15-11-10-14-22(26)20-32)17-25(18-24)36(5)42(6,38)39/h7-18H,19-20,32H2,1-6H3,(H,33,37)/t31-/m1/s1. The molecule has 0 bridgehead atoms. The Morgan fingerprint density at radius 3 is 2.26 bits per heavy atom. The van der Waals surface area contributed by atoms with Crippen LogP contribution < -0.4 is 15.4 Å². The number of hydrogen-bond acceptors (Lipinski definition) is 8. The lowest BCUT2D eigenvalue weighted by Gasteiger charge is -2.29. The highest BCUT2D eigenvalue weighted by atomic mass is 32.2. The van der Waals surface area contributed by atoms with Crippen LogP contribution in [0.1, 0.15) is 44.7 Å². The molecule has 10 nitrogen and oxygen atoms in total. The van der Waals surface area contributed by atoms with Crippen LogP contribution in [0.3, 0.4) is 0 Å². The van der Waals surface area contributed by atoms with Crippen molar-refractivity contribution in [2.24, 2.45) is 5.73 Å². The van der Waals surface area contributed by atoms with E-state index in [0.717, 1.165) is 28.5 Å². The largest absolute Gasteiger partial charge is 0.444 e. The number of nitrogens with zero attached hydrogens (tertiary/aromatic N) is 3. The molecular weight excluding hydrogens is 554 g/mol. The van der Waals surface area contributed by atoms with Gasteiger partial charge in [-0.1, -0.05) is 54.6 Å². The van der Waals surface area contributed by atoms with Gasteiger partial charge in [0.1, 0.15) is 11.1 Å². The summed E-state index contributed by atoms with van der Waals surface area (Å²) in [5.74, 6) is 0.323. The highest BCUT2D eigenvalue weighted by Gasteiger charge is 2.37. The fraction of sp³-hybridized carbons (Fsp3) is 0.323. The molecule has 0 spiro atoms. The fourth-order valence-corrected chi connectivity index (χ4v) is 5.00. The van der Waals surface area contributed by atoms with Crippen LogP contribution >= 0.6 is 0 Å². The van der Waals surface area contributed by atoms with Crippen molar-refractivity contribution in [2.45, 2.75) is 51.8 Å². The Kier molecular flexibility index (Phi) is 8.74. The minimum Gasteiger partial charge on any atom is -0.444 e. The van der Waals surface area contributed by atoms with E-state index < -0.39 is 27.3 Å². The van der Waals surface area contributed by atoms with Crippen LogP contribution in [-0.4, -0.2) is 43.6 Å². The van der Waals surface area contributed by atoms with Crippen molar-refractivity contribution in [3.8, 4) is 22.6 Å². The maximum Gasteiger partial charge on any atom is 0.408 e. The predicted molar refractivity (Wildman–Crippen MR) is 163 cm³/mol. The number of anilines is 1. The molecule has 1 amide bonds. The second kappa shape index (κ2) is 11.9. The summed E-state index contributed by atoms with van der Waals surface area (Å²) in [6.45, 7) is 7.45. The number of sulfonamides is 1. The summed E-state index contributed by atoms with van der Waals surface area (Å²) in [7, 11) is -2.09. The smallest absolute Gasteiger partial charge is 0.408 e. The van der Waals surface area contributed by atoms with Crippen LogP contribution in [0.5, 0.6) is 0 Å². The van der Waals surface area contributed by atoms with E-state index in [1.807, 2.05) is 60.7 Å². The van der Waals surface area contributed by atoms with Gasteiger partial charge >= 0.3 is 6.09 Å². The van der Waals surface area contributed by atoms with Gasteiger partial charge in [0.05, 0.1) is 11.9 Å². The second-order valence-corrected chi connectivity index (χ2v) is 13.4. The van der Waals surface area contributed by atoms with E-state index in [-0.39, 0.29) is 11.8 Å². The van der Waals surface area contributed by atoms with E-state index in [4.69, 9.17) is 14.9 Å². The van der Waals surface area contributed by atoms with Gasteiger partial charge in [0.25, 0.3) is 0 Å². The molecule has 0 unspecified atom stereocenters. The molecule has 222 valence electrons. The van der Waals surface area contributed by atoms with Crippen molar-refractivity contribution < 1.29 is 22.4 Å². The van der Waals surface area contributed by atoms with Gasteiger partial charge in [-0.15, -0.1) is 10.2 Å². The minimum absolute atomic E-state index is 0.158. The van der Waals surface area contributed by atoms with Crippen molar-refractivity contribution in [2.75, 3.05) is 17.6 Å². The monoisotopic (exact) mass is 591 g/mol. The van der Waals surface area contributed by atoms with Crippen molar-refractivity contribution in [3.05, 3.63) is 89.8 Å². The van der Waals surface area contributed by atoms with Crippen LogP contribution in [0.4, 0.5) is 10.5 Å². The van der Waals surface area contributed by atoms with E-state index in [2.05, 4.69) is 15.5 Å². The molecule has 0 saturated carbocycles. The maximum absolute atomic E-state index is 12.9. The normalized spacial score (nSPS) is 13.3. The fourth-order valence-electron chi connectivity index (χ4n) is 4.51. The summed E-state index contributed by atoms with van der Waals surface area (Å²) in [5, 5.41) is 11.6. The molecule has 3 aromatic carbocycles. The molecule has 1 atom stereocenters. The number of amides is 1. The van der Waals surface area contributed by atoms with Gasteiger partial charge in [-0.3, -0.25) is 4.31 Å². The molecule has 42 heavy (non-hydrogen) atoms. The van der Waals surface area contributed by atoms with Crippen molar-refractivity contribution in [1.82, 2.24) is 15.5 Å². The van der Waals surface area contributed by atoms with Crippen LogP contribution in [0, 0.1) is 0 Å². The van der Waals surface area contributed by atoms with E-state index in [0.29, 0.717) is 24.2 Å². The number of nitrogens with one attached hydrogen (secondary N) is 1. The van der Waals surface area contributed by atoms with E-state index in [1.165, 1.54) is 11.4 Å².